The van der Waals surface area contributed by atoms with E-state index < -0.39 is 12.0 Å². The van der Waals surface area contributed by atoms with Crippen LogP contribution in [0.25, 0.3) is 0 Å². The Morgan fingerprint density at radius 1 is 1.65 bits per heavy atom. The van der Waals surface area contributed by atoms with Gasteiger partial charge in [0.25, 0.3) is 0 Å². The summed E-state index contributed by atoms with van der Waals surface area (Å²) in [6.45, 7) is 1.74. The van der Waals surface area contributed by atoms with Gasteiger partial charge in [-0.2, -0.15) is 0 Å². The van der Waals surface area contributed by atoms with Crippen LogP contribution in [0.15, 0.2) is 12.5 Å². The molecule has 0 bridgehead atoms. The van der Waals surface area contributed by atoms with Crippen molar-refractivity contribution in [1.82, 2.24) is 20.2 Å². The van der Waals surface area contributed by atoms with E-state index in [-0.39, 0.29) is 12.5 Å². The van der Waals surface area contributed by atoms with Crippen molar-refractivity contribution in [2.24, 2.45) is 11.7 Å². The summed E-state index contributed by atoms with van der Waals surface area (Å²) in [6, 6.07) is -1.33. The lowest BCUT2D eigenvalue weighted by Crippen LogP contribution is -2.48. The Hall–Kier alpha value is -2.09. The number of carboxylic acid groups (broad SMARTS) is 1. The summed E-state index contributed by atoms with van der Waals surface area (Å²) in [7, 11) is 0. The van der Waals surface area contributed by atoms with Crippen molar-refractivity contribution in [3.63, 3.8) is 0 Å². The van der Waals surface area contributed by atoms with Gasteiger partial charge < -0.3 is 26.0 Å². The van der Waals surface area contributed by atoms with Crippen molar-refractivity contribution in [3.05, 3.63) is 18.2 Å². The zero-order valence-corrected chi connectivity index (χ0v) is 11.1. The number of carboxylic acids is 1. The van der Waals surface area contributed by atoms with E-state index in [0.29, 0.717) is 31.2 Å². The second-order valence-electron chi connectivity index (χ2n) is 4.96. The molecule has 1 aliphatic heterocycles. The molecule has 1 fully saturated rings. The number of carbonyl (C=O) groups excluding carboxylic acids is 1. The molecule has 20 heavy (non-hydrogen) atoms. The third-order valence-corrected chi connectivity index (χ3v) is 3.48. The zero-order chi connectivity index (χ0) is 14.5. The Morgan fingerprint density at radius 2 is 2.45 bits per heavy atom. The van der Waals surface area contributed by atoms with Gasteiger partial charge in [-0.15, -0.1) is 0 Å². The van der Waals surface area contributed by atoms with Crippen molar-refractivity contribution in [2.75, 3.05) is 19.6 Å². The molecule has 0 aromatic carbocycles. The number of nitrogens with two attached hydrogens (primary N) is 1. The SMILES string of the molecule is NCC1CCN(C(=O)NC(Cc2cnc[nH]2)C(=O)O)C1. The summed E-state index contributed by atoms with van der Waals surface area (Å²) in [6.07, 6.45) is 4.06. The van der Waals surface area contributed by atoms with E-state index in [0.717, 1.165) is 6.42 Å². The van der Waals surface area contributed by atoms with Crippen LogP contribution in [0, 0.1) is 5.92 Å². The van der Waals surface area contributed by atoms with Gasteiger partial charge in [0.15, 0.2) is 0 Å². The summed E-state index contributed by atoms with van der Waals surface area (Å²) in [5, 5.41) is 11.7. The highest BCUT2D eigenvalue weighted by Crippen LogP contribution is 2.14. The molecule has 0 saturated carbocycles. The van der Waals surface area contributed by atoms with Crippen LogP contribution < -0.4 is 11.1 Å². The Kier molecular flexibility index (Phi) is 4.57. The van der Waals surface area contributed by atoms with Gasteiger partial charge in [0.2, 0.25) is 0 Å². The number of aromatic nitrogens is 2. The highest BCUT2D eigenvalue weighted by atomic mass is 16.4. The van der Waals surface area contributed by atoms with Crippen molar-refractivity contribution < 1.29 is 14.7 Å². The lowest BCUT2D eigenvalue weighted by Gasteiger charge is -2.20. The molecule has 1 aliphatic rings. The number of aromatic amines is 1. The minimum atomic E-state index is -1.07. The van der Waals surface area contributed by atoms with Crippen LogP contribution in [-0.2, 0) is 11.2 Å². The summed E-state index contributed by atoms with van der Waals surface area (Å²) < 4.78 is 0. The largest absolute Gasteiger partial charge is 0.480 e. The van der Waals surface area contributed by atoms with Crippen LogP contribution in [0.5, 0.6) is 0 Å². The maximum atomic E-state index is 12.0. The lowest BCUT2D eigenvalue weighted by molar-refractivity contribution is -0.139. The molecule has 0 aliphatic carbocycles. The molecule has 1 aromatic heterocycles. The third-order valence-electron chi connectivity index (χ3n) is 3.48. The maximum absolute atomic E-state index is 12.0. The fourth-order valence-corrected chi connectivity index (χ4v) is 2.27. The molecule has 1 saturated heterocycles. The molecule has 5 N–H and O–H groups in total. The first kappa shape index (κ1) is 14.3. The van der Waals surface area contributed by atoms with Gasteiger partial charge >= 0.3 is 12.0 Å². The number of likely N-dealkylation sites (tertiary alicyclic amines) is 1. The average Bonchev–Trinajstić information content (AvgIpc) is 3.08. The lowest BCUT2D eigenvalue weighted by atomic mass is 10.1. The van der Waals surface area contributed by atoms with Crippen molar-refractivity contribution >= 4 is 12.0 Å². The fraction of sp³-hybridized carbons (Fsp3) is 0.583. The summed E-state index contributed by atoms with van der Waals surface area (Å²) in [4.78, 5) is 31.5. The molecule has 2 rings (SSSR count). The van der Waals surface area contributed by atoms with E-state index in [4.69, 9.17) is 5.73 Å². The molecule has 2 amide bonds. The number of hydrogen-bond donors (Lipinski definition) is 4. The van der Waals surface area contributed by atoms with E-state index in [1.807, 2.05) is 0 Å². The first-order valence-electron chi connectivity index (χ1n) is 6.55. The molecule has 8 nitrogen and oxygen atoms in total. The molecule has 0 spiro atoms. The van der Waals surface area contributed by atoms with E-state index in [9.17, 15) is 14.7 Å². The number of carbonyl (C=O) groups is 2. The number of nitrogens with one attached hydrogen (secondary N) is 2. The summed E-state index contributed by atoms with van der Waals surface area (Å²) >= 11 is 0. The number of aliphatic carboxylic acids is 1. The monoisotopic (exact) mass is 281 g/mol. The molecular formula is C12H19N5O3. The third kappa shape index (κ3) is 3.47. The Balaban J connectivity index is 1.91. The van der Waals surface area contributed by atoms with Crippen molar-refractivity contribution in [3.8, 4) is 0 Å². The number of imidazole rings is 1. The number of H-pyrrole nitrogens is 1. The Bertz CT molecular complexity index is 462. The van der Waals surface area contributed by atoms with Gasteiger partial charge in [0, 0.05) is 31.4 Å². The number of urea groups is 1. The molecule has 0 radical (unpaired) electrons. The number of hydrogen-bond acceptors (Lipinski definition) is 4. The van der Waals surface area contributed by atoms with Crippen LogP contribution in [0.2, 0.25) is 0 Å². The zero-order valence-electron chi connectivity index (χ0n) is 11.1. The minimum Gasteiger partial charge on any atom is -0.480 e. The number of rotatable bonds is 5. The molecule has 110 valence electrons. The van der Waals surface area contributed by atoms with Crippen molar-refractivity contribution in [1.29, 1.82) is 0 Å². The van der Waals surface area contributed by atoms with E-state index in [1.54, 1.807) is 11.1 Å². The summed E-state index contributed by atoms with van der Waals surface area (Å²) in [5.74, 6) is -0.765. The van der Waals surface area contributed by atoms with Gasteiger partial charge in [-0.25, -0.2) is 14.6 Å². The molecule has 2 atom stereocenters. The van der Waals surface area contributed by atoms with Crippen molar-refractivity contribution in [2.45, 2.75) is 18.9 Å². The maximum Gasteiger partial charge on any atom is 0.326 e. The Morgan fingerprint density at radius 3 is 3.00 bits per heavy atom. The number of amides is 2. The fourth-order valence-electron chi connectivity index (χ4n) is 2.27. The second-order valence-corrected chi connectivity index (χ2v) is 4.96. The van der Waals surface area contributed by atoms with Crippen LogP contribution in [0.3, 0.4) is 0 Å². The number of nitrogens with zero attached hydrogens (tertiary/aromatic N) is 2. The highest BCUT2D eigenvalue weighted by Gasteiger charge is 2.28. The van der Waals surface area contributed by atoms with E-state index in [2.05, 4.69) is 15.3 Å². The molecule has 2 heterocycles. The predicted molar refractivity (Wildman–Crippen MR) is 71.0 cm³/mol. The van der Waals surface area contributed by atoms with E-state index >= 15 is 0 Å². The predicted octanol–water partition coefficient (Wildman–Crippen LogP) is -0.604. The van der Waals surface area contributed by atoms with E-state index in [1.165, 1.54) is 6.33 Å². The minimum absolute atomic E-state index is 0.176. The summed E-state index contributed by atoms with van der Waals surface area (Å²) in [5.41, 5.74) is 6.24. The smallest absolute Gasteiger partial charge is 0.326 e. The molecule has 1 aromatic rings. The first-order valence-corrected chi connectivity index (χ1v) is 6.55. The molecule has 2 unspecified atom stereocenters. The van der Waals surface area contributed by atoms with Gasteiger partial charge in [-0.05, 0) is 18.9 Å². The average molecular weight is 281 g/mol. The molecular weight excluding hydrogens is 262 g/mol. The van der Waals surface area contributed by atoms with Crippen LogP contribution in [0.1, 0.15) is 12.1 Å². The van der Waals surface area contributed by atoms with Gasteiger partial charge in [-0.3, -0.25) is 0 Å². The van der Waals surface area contributed by atoms with Crippen LogP contribution >= 0.6 is 0 Å². The highest BCUT2D eigenvalue weighted by molar-refractivity contribution is 5.82. The van der Waals surface area contributed by atoms with Crippen LogP contribution in [0.4, 0.5) is 4.79 Å². The standard InChI is InChI=1S/C12H19N5O3/c13-4-8-1-2-17(6-8)12(20)16-10(11(18)19)3-9-5-14-7-15-9/h5,7-8,10H,1-4,6,13H2,(H,14,15)(H,16,20)(H,18,19). The first-order chi connectivity index (χ1) is 9.60. The van der Waals surface area contributed by atoms with Gasteiger partial charge in [0.1, 0.15) is 6.04 Å². The topological polar surface area (TPSA) is 124 Å². The molecule has 8 heteroatoms. The quantitative estimate of drug-likeness (QED) is 0.573. The van der Waals surface area contributed by atoms with Gasteiger partial charge in [0.05, 0.1) is 6.33 Å². The Labute approximate surface area is 116 Å². The van der Waals surface area contributed by atoms with Crippen LogP contribution in [-0.4, -0.2) is 57.7 Å². The second kappa shape index (κ2) is 6.38. The van der Waals surface area contributed by atoms with Gasteiger partial charge in [-0.1, -0.05) is 0 Å². The normalized spacial score (nSPS) is 19.9.